The molecule has 0 radical (unpaired) electrons. The number of alkyl halides is 2. The van der Waals surface area contributed by atoms with Crippen LogP contribution in [0.1, 0.15) is 27.2 Å². The zero-order chi connectivity index (χ0) is 27.0. The number of hydrogen-bond donors (Lipinski definition) is 3. The summed E-state index contributed by atoms with van der Waals surface area (Å²) in [6.45, 7) is 0.0917. The summed E-state index contributed by atoms with van der Waals surface area (Å²) >= 11 is 2.96. The molecule has 9 nitrogen and oxygen atoms in total. The van der Waals surface area contributed by atoms with Gasteiger partial charge in [-0.3, -0.25) is 18.7 Å². The summed E-state index contributed by atoms with van der Waals surface area (Å²) in [5.41, 5.74) is -3.62. The second-order valence-corrected chi connectivity index (χ2v) is 10.6. The molecule has 4 rings (SSSR count). The number of pyridine rings is 1. The first-order chi connectivity index (χ1) is 17.4. The van der Waals surface area contributed by atoms with Crippen molar-refractivity contribution < 1.29 is 33.0 Å². The first-order valence-corrected chi connectivity index (χ1v) is 13.0. The van der Waals surface area contributed by atoms with Crippen LogP contribution in [0.2, 0.25) is 0 Å². The summed E-state index contributed by atoms with van der Waals surface area (Å²) in [6.07, 6.45) is 3.19. The third-order valence-corrected chi connectivity index (χ3v) is 7.22. The number of carboxylic acids is 1. The van der Waals surface area contributed by atoms with Gasteiger partial charge in [-0.2, -0.15) is 8.78 Å². The summed E-state index contributed by atoms with van der Waals surface area (Å²) in [4.78, 5) is 46.9. The quantitative estimate of drug-likeness (QED) is 0.256. The van der Waals surface area contributed by atoms with Crippen LogP contribution >= 0.6 is 23.5 Å². The van der Waals surface area contributed by atoms with E-state index >= 15 is 0 Å². The van der Waals surface area contributed by atoms with E-state index in [1.807, 2.05) is 0 Å². The SMILES string of the molecule is O=C(O)c1ccc(-c2cn(Cc3ccccn3)c(=O)n2Cc2ccc(C(F)(F)P(=O)(O)O)c(Br)c2)cc1. The number of benzene rings is 2. The molecule has 2 aromatic carbocycles. The molecule has 192 valence electrons. The third-order valence-electron chi connectivity index (χ3n) is 5.60. The molecule has 0 aliphatic rings. The van der Waals surface area contributed by atoms with Gasteiger partial charge in [0, 0.05) is 22.4 Å². The molecule has 3 N–H and O–H groups in total. The van der Waals surface area contributed by atoms with Gasteiger partial charge in [0.1, 0.15) is 0 Å². The predicted molar refractivity (Wildman–Crippen MR) is 134 cm³/mol. The summed E-state index contributed by atoms with van der Waals surface area (Å²) in [5.74, 6) is -1.10. The number of imidazole rings is 1. The number of aromatic carboxylic acids is 1. The van der Waals surface area contributed by atoms with Gasteiger partial charge >= 0.3 is 24.9 Å². The fourth-order valence-corrected chi connectivity index (χ4v) is 5.05. The molecule has 2 aromatic heterocycles. The first-order valence-electron chi connectivity index (χ1n) is 10.6. The van der Waals surface area contributed by atoms with Crippen LogP contribution in [-0.2, 0) is 23.3 Å². The Labute approximate surface area is 216 Å². The molecule has 0 saturated heterocycles. The van der Waals surface area contributed by atoms with E-state index in [4.69, 9.17) is 9.79 Å². The van der Waals surface area contributed by atoms with Gasteiger partial charge in [-0.1, -0.05) is 46.3 Å². The highest BCUT2D eigenvalue weighted by Gasteiger charge is 2.51. The molecule has 0 bridgehead atoms. The van der Waals surface area contributed by atoms with Crippen LogP contribution < -0.4 is 5.69 Å². The van der Waals surface area contributed by atoms with Crippen LogP contribution in [0.15, 0.2) is 82.3 Å². The molecule has 13 heteroatoms. The molecule has 4 aromatic rings. The highest BCUT2D eigenvalue weighted by molar-refractivity contribution is 9.10. The van der Waals surface area contributed by atoms with E-state index in [-0.39, 0.29) is 23.1 Å². The van der Waals surface area contributed by atoms with Crippen LogP contribution in [-0.4, -0.2) is 35.0 Å². The fraction of sp³-hybridized carbons (Fsp3) is 0.125. The van der Waals surface area contributed by atoms with Gasteiger partial charge in [-0.25, -0.2) is 9.59 Å². The maximum atomic E-state index is 14.2. The van der Waals surface area contributed by atoms with Crippen molar-refractivity contribution in [2.75, 3.05) is 0 Å². The molecular weight excluding hydrogens is 575 g/mol. The third kappa shape index (κ3) is 5.47. The predicted octanol–water partition coefficient (Wildman–Crippen LogP) is 4.50. The Morgan fingerprint density at radius 1 is 1.05 bits per heavy atom. The van der Waals surface area contributed by atoms with E-state index in [1.54, 1.807) is 42.7 Å². The van der Waals surface area contributed by atoms with E-state index in [2.05, 4.69) is 20.9 Å². The minimum absolute atomic E-state index is 0.0651. The molecule has 37 heavy (non-hydrogen) atoms. The van der Waals surface area contributed by atoms with Gasteiger partial charge in [0.2, 0.25) is 0 Å². The van der Waals surface area contributed by atoms with Crippen molar-refractivity contribution in [3.63, 3.8) is 0 Å². The lowest BCUT2D eigenvalue weighted by atomic mass is 10.1. The van der Waals surface area contributed by atoms with Crippen LogP contribution in [0.5, 0.6) is 0 Å². The molecule has 0 unspecified atom stereocenters. The fourth-order valence-electron chi connectivity index (χ4n) is 3.72. The molecule has 0 spiro atoms. The Morgan fingerprint density at radius 3 is 2.32 bits per heavy atom. The van der Waals surface area contributed by atoms with Crippen molar-refractivity contribution in [2.24, 2.45) is 0 Å². The van der Waals surface area contributed by atoms with E-state index in [1.165, 1.54) is 33.4 Å². The molecule has 0 saturated carbocycles. The zero-order valence-corrected chi connectivity index (χ0v) is 21.3. The van der Waals surface area contributed by atoms with E-state index in [0.717, 1.165) is 6.07 Å². The lowest BCUT2D eigenvalue weighted by molar-refractivity contribution is 0.0557. The normalized spacial score (nSPS) is 12.0. The van der Waals surface area contributed by atoms with Crippen molar-refractivity contribution in [3.8, 4) is 11.3 Å². The van der Waals surface area contributed by atoms with Crippen LogP contribution in [0.3, 0.4) is 0 Å². The standard InChI is InChI=1S/C24H19BrF2N3O6P/c25-20-11-15(4-9-19(20)24(26,27)37(34,35)36)12-30-21(16-5-7-17(8-6-16)22(31)32)14-29(23(30)33)13-18-3-1-2-10-28-18/h1-11,14H,12-13H2,(H,31,32)(H2,34,35,36). The molecule has 0 aliphatic carbocycles. The number of rotatable bonds is 8. The first kappa shape index (κ1) is 26.6. The molecule has 0 aliphatic heterocycles. The number of carboxylic acid groups (broad SMARTS) is 1. The molecular formula is C24H19BrF2N3O6P. The van der Waals surface area contributed by atoms with Gasteiger partial charge < -0.3 is 14.9 Å². The molecule has 0 amide bonds. The van der Waals surface area contributed by atoms with Gasteiger partial charge in [-0.15, -0.1) is 0 Å². The van der Waals surface area contributed by atoms with Gasteiger partial charge in [0.25, 0.3) is 0 Å². The van der Waals surface area contributed by atoms with Gasteiger partial charge in [0.05, 0.1) is 30.0 Å². The molecule has 2 heterocycles. The summed E-state index contributed by atoms with van der Waals surface area (Å²) in [6, 6.07) is 14.6. The minimum Gasteiger partial charge on any atom is -0.478 e. The Bertz CT molecular complexity index is 1570. The Hall–Kier alpha value is -3.44. The summed E-state index contributed by atoms with van der Waals surface area (Å²) < 4.78 is 42.3. The highest BCUT2D eigenvalue weighted by atomic mass is 79.9. The number of aromatic nitrogens is 3. The largest absolute Gasteiger partial charge is 0.478 e. The topological polar surface area (TPSA) is 135 Å². The van der Waals surface area contributed by atoms with Crippen molar-refractivity contribution >= 4 is 29.5 Å². The summed E-state index contributed by atoms with van der Waals surface area (Å²) in [7, 11) is -5.77. The summed E-state index contributed by atoms with van der Waals surface area (Å²) in [5, 5.41) is 9.19. The average molecular weight is 594 g/mol. The van der Waals surface area contributed by atoms with E-state index in [9.17, 15) is 28.0 Å². The lowest BCUT2D eigenvalue weighted by Crippen LogP contribution is -2.25. The average Bonchev–Trinajstić information content (AvgIpc) is 3.14. The Kier molecular flexibility index (Phi) is 7.29. The number of nitrogens with zero attached hydrogens (tertiary/aromatic N) is 3. The highest BCUT2D eigenvalue weighted by Crippen LogP contribution is 2.60. The monoisotopic (exact) mass is 593 g/mol. The van der Waals surface area contributed by atoms with Gasteiger partial charge in [-0.05, 0) is 41.5 Å². The van der Waals surface area contributed by atoms with Crippen molar-refractivity contribution in [2.45, 2.75) is 18.8 Å². The lowest BCUT2D eigenvalue weighted by Gasteiger charge is -2.19. The smallest absolute Gasteiger partial charge is 0.399 e. The van der Waals surface area contributed by atoms with Crippen LogP contribution in [0.4, 0.5) is 8.78 Å². The van der Waals surface area contributed by atoms with Crippen LogP contribution in [0.25, 0.3) is 11.3 Å². The molecule has 0 fully saturated rings. The number of carbonyl (C=O) groups is 1. The Morgan fingerprint density at radius 2 is 1.76 bits per heavy atom. The number of halogens is 3. The second kappa shape index (κ2) is 10.1. The maximum absolute atomic E-state index is 14.2. The van der Waals surface area contributed by atoms with E-state index < -0.39 is 30.5 Å². The second-order valence-electron chi connectivity index (χ2n) is 8.11. The minimum atomic E-state index is -5.77. The van der Waals surface area contributed by atoms with Crippen molar-refractivity contribution in [1.29, 1.82) is 0 Å². The van der Waals surface area contributed by atoms with E-state index in [0.29, 0.717) is 22.5 Å². The Balaban J connectivity index is 1.77. The van der Waals surface area contributed by atoms with Crippen molar-refractivity contribution in [3.05, 3.63) is 110 Å². The number of hydrogen-bond acceptors (Lipinski definition) is 4. The van der Waals surface area contributed by atoms with Gasteiger partial charge in [0.15, 0.2) is 0 Å². The molecule has 0 atom stereocenters. The van der Waals surface area contributed by atoms with Crippen molar-refractivity contribution in [1.82, 2.24) is 14.1 Å². The maximum Gasteiger partial charge on any atom is 0.399 e. The van der Waals surface area contributed by atoms with Crippen LogP contribution in [0, 0.1) is 0 Å². The zero-order valence-electron chi connectivity index (χ0n) is 18.8.